The van der Waals surface area contributed by atoms with Crippen LogP contribution in [0.5, 0.6) is 0 Å². The summed E-state index contributed by atoms with van der Waals surface area (Å²) in [4.78, 5) is 11.7. The second-order valence-electron chi connectivity index (χ2n) is 4.01. The van der Waals surface area contributed by atoms with Crippen LogP contribution in [0, 0.1) is 0 Å². The molecule has 2 rings (SSSR count). The minimum Gasteiger partial charge on any atom is -0.267 e. The van der Waals surface area contributed by atoms with Crippen molar-refractivity contribution in [1.82, 2.24) is 5.43 Å². The molecule has 0 heterocycles. The van der Waals surface area contributed by atoms with E-state index in [1.54, 1.807) is 30.3 Å². The molecule has 0 spiro atoms. The molecule has 0 atom stereocenters. The molecule has 4 heteroatoms. The number of amides is 1. The molecule has 2 aromatic carbocycles. The number of hydrogen-bond acceptors (Lipinski definition) is 2. The van der Waals surface area contributed by atoms with Crippen LogP contribution in [0.4, 0.5) is 0 Å². The fourth-order valence-corrected chi connectivity index (χ4v) is 1.73. The Morgan fingerprint density at radius 2 is 1.60 bits per heavy atom. The average molecular weight is 285 g/mol. The molecule has 0 fully saturated rings. The molecule has 3 nitrogen and oxygen atoms in total. The van der Waals surface area contributed by atoms with Gasteiger partial charge in [0.2, 0.25) is 0 Å². The molecule has 0 radical (unpaired) electrons. The number of carbonyl (C=O) groups excluding carboxylic acids is 1. The quantitative estimate of drug-likeness (QED) is 0.675. The Morgan fingerprint density at radius 3 is 2.25 bits per heavy atom. The molecular formula is C16H13ClN2O. The minimum absolute atomic E-state index is 0.272. The number of benzene rings is 2. The Balaban J connectivity index is 1.94. The van der Waals surface area contributed by atoms with Gasteiger partial charge >= 0.3 is 0 Å². The van der Waals surface area contributed by atoms with E-state index in [-0.39, 0.29) is 5.91 Å². The first kappa shape index (κ1) is 14.0. The first-order valence-corrected chi connectivity index (χ1v) is 6.44. The number of hydrazone groups is 1. The van der Waals surface area contributed by atoms with Crippen molar-refractivity contribution in [2.24, 2.45) is 5.10 Å². The summed E-state index contributed by atoms with van der Waals surface area (Å²) in [5.74, 6) is -0.272. The highest BCUT2D eigenvalue weighted by atomic mass is 35.5. The summed E-state index contributed by atoms with van der Waals surface area (Å²) in [5.41, 5.74) is 3.94. The highest BCUT2D eigenvalue weighted by molar-refractivity contribution is 6.41. The third-order valence-corrected chi connectivity index (χ3v) is 2.70. The Hall–Kier alpha value is -2.39. The van der Waals surface area contributed by atoms with Gasteiger partial charge in [-0.2, -0.15) is 5.10 Å². The van der Waals surface area contributed by atoms with Gasteiger partial charge in [0, 0.05) is 5.56 Å². The van der Waals surface area contributed by atoms with E-state index in [2.05, 4.69) is 10.5 Å². The lowest BCUT2D eigenvalue weighted by Gasteiger charge is -1.98. The van der Waals surface area contributed by atoms with Crippen molar-refractivity contribution in [1.29, 1.82) is 0 Å². The van der Waals surface area contributed by atoms with Crippen LogP contribution in [-0.2, 0) is 0 Å². The van der Waals surface area contributed by atoms with Crippen LogP contribution in [0.1, 0.15) is 15.9 Å². The number of carbonyl (C=O) groups is 1. The highest BCUT2D eigenvalue weighted by Gasteiger charge is 2.01. The van der Waals surface area contributed by atoms with Crippen molar-refractivity contribution in [2.45, 2.75) is 0 Å². The van der Waals surface area contributed by atoms with Crippen LogP contribution in [-0.4, -0.2) is 12.1 Å². The zero-order valence-corrected chi connectivity index (χ0v) is 11.4. The van der Waals surface area contributed by atoms with E-state index in [0.29, 0.717) is 10.6 Å². The number of allylic oxidation sites excluding steroid dienone is 1. The maximum atomic E-state index is 11.7. The van der Waals surface area contributed by atoms with Crippen LogP contribution in [0.2, 0.25) is 0 Å². The molecular weight excluding hydrogens is 272 g/mol. The first-order valence-electron chi connectivity index (χ1n) is 6.06. The summed E-state index contributed by atoms with van der Waals surface area (Å²) in [6, 6.07) is 18.5. The topological polar surface area (TPSA) is 41.5 Å². The van der Waals surface area contributed by atoms with E-state index in [4.69, 9.17) is 11.6 Å². The molecule has 0 aromatic heterocycles. The number of hydrogen-bond donors (Lipinski definition) is 1. The normalized spacial score (nSPS) is 11.6. The molecule has 0 unspecified atom stereocenters. The zero-order chi connectivity index (χ0) is 14.2. The van der Waals surface area contributed by atoms with Crippen molar-refractivity contribution in [3.8, 4) is 0 Å². The second kappa shape index (κ2) is 7.26. The molecule has 0 aliphatic heterocycles. The molecule has 0 bridgehead atoms. The van der Waals surface area contributed by atoms with E-state index in [0.717, 1.165) is 5.56 Å². The fraction of sp³-hybridized carbons (Fsp3) is 0. The van der Waals surface area contributed by atoms with Gasteiger partial charge in [-0.25, -0.2) is 5.43 Å². The largest absolute Gasteiger partial charge is 0.271 e. The van der Waals surface area contributed by atoms with Crippen molar-refractivity contribution in [2.75, 3.05) is 0 Å². The van der Waals surface area contributed by atoms with Crippen molar-refractivity contribution >= 4 is 29.8 Å². The summed E-state index contributed by atoms with van der Waals surface area (Å²) in [5, 5.41) is 4.25. The summed E-state index contributed by atoms with van der Waals surface area (Å²) < 4.78 is 0. The van der Waals surface area contributed by atoms with Gasteiger partial charge in [-0.3, -0.25) is 4.79 Å². The molecule has 0 saturated carbocycles. The Kier molecular flexibility index (Phi) is 5.09. The van der Waals surface area contributed by atoms with Crippen molar-refractivity contribution in [3.05, 3.63) is 76.8 Å². The van der Waals surface area contributed by atoms with E-state index < -0.39 is 0 Å². The Bertz CT molecular complexity index is 621. The molecule has 20 heavy (non-hydrogen) atoms. The number of halogens is 1. The van der Waals surface area contributed by atoms with Crippen molar-refractivity contribution < 1.29 is 4.79 Å². The summed E-state index contributed by atoms with van der Waals surface area (Å²) in [6.07, 6.45) is 3.16. The maximum Gasteiger partial charge on any atom is 0.271 e. The predicted molar refractivity (Wildman–Crippen MR) is 82.7 cm³/mol. The minimum atomic E-state index is -0.272. The third kappa shape index (κ3) is 4.37. The fourth-order valence-electron chi connectivity index (χ4n) is 1.55. The standard InChI is InChI=1S/C16H13ClN2O/c17-15(11-13-7-3-1-4-8-13)12-18-19-16(20)14-9-5-2-6-10-14/h1-12H,(H,19,20)/b15-11-,18-12+. The van der Waals surface area contributed by atoms with Gasteiger partial charge < -0.3 is 0 Å². The molecule has 0 saturated heterocycles. The molecule has 2 aromatic rings. The van der Waals surface area contributed by atoms with Crippen LogP contribution in [0.25, 0.3) is 6.08 Å². The lowest BCUT2D eigenvalue weighted by molar-refractivity contribution is 0.0955. The van der Waals surface area contributed by atoms with Gasteiger partial charge in [-0.05, 0) is 23.8 Å². The summed E-state index contributed by atoms with van der Waals surface area (Å²) >= 11 is 6.01. The molecule has 1 N–H and O–H groups in total. The molecule has 0 aliphatic rings. The Labute approximate surface area is 122 Å². The second-order valence-corrected chi connectivity index (χ2v) is 4.44. The van der Waals surface area contributed by atoms with Crippen LogP contribution < -0.4 is 5.43 Å². The molecule has 1 amide bonds. The predicted octanol–water partition coefficient (Wildman–Crippen LogP) is 3.68. The van der Waals surface area contributed by atoms with Crippen LogP contribution in [0.15, 0.2) is 70.8 Å². The van der Waals surface area contributed by atoms with Crippen LogP contribution >= 0.6 is 11.6 Å². The lowest BCUT2D eigenvalue weighted by atomic mass is 10.2. The summed E-state index contributed by atoms with van der Waals surface area (Å²) in [7, 11) is 0. The van der Waals surface area contributed by atoms with Gasteiger partial charge in [0.25, 0.3) is 5.91 Å². The average Bonchev–Trinajstić information content (AvgIpc) is 2.49. The first-order chi connectivity index (χ1) is 9.75. The highest BCUT2D eigenvalue weighted by Crippen LogP contribution is 2.07. The number of nitrogens with zero attached hydrogens (tertiary/aromatic N) is 1. The van der Waals surface area contributed by atoms with Gasteiger partial charge in [0.15, 0.2) is 0 Å². The number of rotatable bonds is 4. The SMILES string of the molecule is O=C(N/N=C/C(Cl)=C/c1ccccc1)c1ccccc1. The third-order valence-electron chi connectivity index (χ3n) is 2.49. The van der Waals surface area contributed by atoms with E-state index in [1.807, 2.05) is 36.4 Å². The van der Waals surface area contributed by atoms with Gasteiger partial charge in [0.1, 0.15) is 0 Å². The molecule has 0 aliphatic carbocycles. The van der Waals surface area contributed by atoms with E-state index in [9.17, 15) is 4.79 Å². The van der Waals surface area contributed by atoms with Crippen molar-refractivity contribution in [3.63, 3.8) is 0 Å². The monoisotopic (exact) mass is 284 g/mol. The zero-order valence-electron chi connectivity index (χ0n) is 10.7. The van der Waals surface area contributed by atoms with Gasteiger partial charge in [-0.1, -0.05) is 60.1 Å². The Morgan fingerprint density at radius 1 is 1.00 bits per heavy atom. The van der Waals surface area contributed by atoms with Gasteiger partial charge in [-0.15, -0.1) is 0 Å². The molecule has 100 valence electrons. The van der Waals surface area contributed by atoms with E-state index >= 15 is 0 Å². The number of nitrogens with one attached hydrogen (secondary N) is 1. The maximum absolute atomic E-state index is 11.7. The lowest BCUT2D eigenvalue weighted by Crippen LogP contribution is -2.17. The summed E-state index contributed by atoms with van der Waals surface area (Å²) in [6.45, 7) is 0. The van der Waals surface area contributed by atoms with E-state index in [1.165, 1.54) is 6.21 Å². The van der Waals surface area contributed by atoms with Gasteiger partial charge in [0.05, 0.1) is 11.2 Å². The van der Waals surface area contributed by atoms with Crippen LogP contribution in [0.3, 0.4) is 0 Å². The smallest absolute Gasteiger partial charge is 0.267 e.